The first-order chi connectivity index (χ1) is 22.7. The zero-order valence-electron chi connectivity index (χ0n) is 31.4. The molecule has 0 radical (unpaired) electrons. The Morgan fingerprint density at radius 1 is 0.500 bits per heavy atom. The topological polar surface area (TPSA) is 69.6 Å². The van der Waals surface area contributed by atoms with Crippen molar-refractivity contribution in [1.29, 1.82) is 0 Å². The van der Waals surface area contributed by atoms with Gasteiger partial charge in [-0.05, 0) is 38.5 Å². The minimum atomic E-state index is -0.658. The van der Waals surface area contributed by atoms with Crippen LogP contribution in [0.2, 0.25) is 0 Å². The lowest BCUT2D eigenvalue weighted by Gasteiger charge is -2.22. The second-order valence-electron chi connectivity index (χ2n) is 14.4. The maximum Gasteiger partial charge on any atom is 0.220 e. The van der Waals surface area contributed by atoms with Crippen LogP contribution in [0.15, 0.2) is 12.2 Å². The Hall–Kier alpha value is -0.870. The Bertz CT molecular complexity index is 622. The molecule has 0 aliphatic heterocycles. The van der Waals surface area contributed by atoms with Crippen LogP contribution in [-0.2, 0) is 4.79 Å². The number of aliphatic hydroxyl groups is 2. The van der Waals surface area contributed by atoms with E-state index in [2.05, 4.69) is 31.3 Å². The monoisotopic (exact) mass is 650 g/mol. The second-order valence-corrected chi connectivity index (χ2v) is 14.4. The molecule has 0 aromatic carbocycles. The summed E-state index contributed by atoms with van der Waals surface area (Å²) >= 11 is 0. The summed E-state index contributed by atoms with van der Waals surface area (Å²) in [6.07, 6.45) is 47.1. The van der Waals surface area contributed by atoms with E-state index in [1.165, 1.54) is 180 Å². The molecule has 0 aromatic heterocycles. The maximum atomic E-state index is 12.3. The van der Waals surface area contributed by atoms with Crippen LogP contribution >= 0.6 is 0 Å². The predicted molar refractivity (Wildman–Crippen MR) is 202 cm³/mol. The van der Waals surface area contributed by atoms with Gasteiger partial charge in [0, 0.05) is 6.42 Å². The fourth-order valence-electron chi connectivity index (χ4n) is 6.53. The fraction of sp³-hybridized carbons (Fsp3) is 0.929. The zero-order valence-corrected chi connectivity index (χ0v) is 31.4. The van der Waals surface area contributed by atoms with Crippen molar-refractivity contribution in [3.63, 3.8) is 0 Å². The van der Waals surface area contributed by atoms with Gasteiger partial charge in [-0.3, -0.25) is 4.79 Å². The molecule has 1 amide bonds. The number of unbranched alkanes of at least 4 members (excludes halogenated alkanes) is 29. The van der Waals surface area contributed by atoms with E-state index in [4.69, 9.17) is 0 Å². The Balaban J connectivity index is 3.47. The van der Waals surface area contributed by atoms with E-state index in [0.717, 1.165) is 25.7 Å². The number of rotatable bonds is 38. The zero-order chi connectivity index (χ0) is 33.6. The quantitative estimate of drug-likeness (QED) is 0.0460. The molecular formula is C42H83NO3. The lowest BCUT2D eigenvalue weighted by atomic mass is 10.0. The number of nitrogens with one attached hydrogen (secondary N) is 1. The standard InChI is InChI=1S/C42H83NO3/c1-3-5-7-9-11-13-15-17-18-19-20-21-22-23-24-25-26-27-29-31-33-35-37-41(45)40(39-44)43-42(46)38-36-34-32-30-28-16-14-12-10-8-6-4-2/h12,14,40-41,44-45H,3-11,13,15-39H2,1-2H3,(H,43,46)/b14-12-. The molecule has 0 aliphatic rings. The summed E-state index contributed by atoms with van der Waals surface area (Å²) in [5, 5.41) is 23.1. The van der Waals surface area contributed by atoms with Crippen molar-refractivity contribution in [3.05, 3.63) is 12.2 Å². The van der Waals surface area contributed by atoms with E-state index in [9.17, 15) is 15.0 Å². The van der Waals surface area contributed by atoms with Crippen LogP contribution in [0.25, 0.3) is 0 Å². The van der Waals surface area contributed by atoms with Crippen molar-refractivity contribution in [1.82, 2.24) is 5.32 Å². The van der Waals surface area contributed by atoms with Crippen molar-refractivity contribution in [2.75, 3.05) is 6.61 Å². The van der Waals surface area contributed by atoms with Gasteiger partial charge in [-0.15, -0.1) is 0 Å². The summed E-state index contributed by atoms with van der Waals surface area (Å²) in [7, 11) is 0. The third-order valence-electron chi connectivity index (χ3n) is 9.78. The smallest absolute Gasteiger partial charge is 0.220 e. The van der Waals surface area contributed by atoms with Crippen molar-refractivity contribution < 1.29 is 15.0 Å². The van der Waals surface area contributed by atoms with Gasteiger partial charge >= 0.3 is 0 Å². The molecule has 0 aromatic rings. The van der Waals surface area contributed by atoms with Crippen molar-refractivity contribution >= 4 is 5.91 Å². The molecule has 4 heteroatoms. The molecule has 0 rings (SSSR count). The molecule has 3 N–H and O–H groups in total. The summed E-state index contributed by atoms with van der Waals surface area (Å²) in [5.41, 5.74) is 0. The van der Waals surface area contributed by atoms with Gasteiger partial charge in [0.05, 0.1) is 18.8 Å². The van der Waals surface area contributed by atoms with Gasteiger partial charge in [-0.2, -0.15) is 0 Å². The lowest BCUT2D eigenvalue weighted by Crippen LogP contribution is -2.45. The van der Waals surface area contributed by atoms with Gasteiger partial charge in [0.15, 0.2) is 0 Å². The summed E-state index contributed by atoms with van der Waals surface area (Å²) in [4.78, 5) is 12.3. The predicted octanol–water partition coefficient (Wildman–Crippen LogP) is 12.7. The van der Waals surface area contributed by atoms with Crippen LogP contribution < -0.4 is 5.32 Å². The SMILES string of the molecule is CCCCC/C=C\CCCCCCCC(=O)NC(CO)C(O)CCCCCCCCCCCCCCCCCCCCCCCC. The first-order valence-corrected chi connectivity index (χ1v) is 20.9. The molecule has 4 nitrogen and oxygen atoms in total. The average Bonchev–Trinajstić information content (AvgIpc) is 3.06. The maximum absolute atomic E-state index is 12.3. The van der Waals surface area contributed by atoms with Crippen molar-refractivity contribution in [2.45, 2.75) is 244 Å². The number of amides is 1. The molecule has 2 unspecified atom stereocenters. The number of carbonyl (C=O) groups excluding carboxylic acids is 1. The fourth-order valence-corrected chi connectivity index (χ4v) is 6.53. The summed E-state index contributed by atoms with van der Waals surface area (Å²) in [5.74, 6) is -0.0396. The van der Waals surface area contributed by atoms with Gasteiger partial charge in [0.25, 0.3) is 0 Å². The Morgan fingerprint density at radius 3 is 1.24 bits per heavy atom. The molecule has 0 heterocycles. The second kappa shape index (κ2) is 38.6. The summed E-state index contributed by atoms with van der Waals surface area (Å²) in [6.45, 7) is 4.34. The first kappa shape index (κ1) is 45.1. The number of hydrogen-bond donors (Lipinski definition) is 3. The van der Waals surface area contributed by atoms with Crippen molar-refractivity contribution in [2.24, 2.45) is 0 Å². The van der Waals surface area contributed by atoms with Gasteiger partial charge in [0.1, 0.15) is 0 Å². The Morgan fingerprint density at radius 2 is 0.826 bits per heavy atom. The van der Waals surface area contributed by atoms with Gasteiger partial charge in [-0.1, -0.05) is 199 Å². The molecule has 2 atom stereocenters. The Labute approximate surface area is 288 Å². The number of carbonyl (C=O) groups is 1. The molecule has 0 aliphatic carbocycles. The number of hydrogen-bond acceptors (Lipinski definition) is 3. The Kier molecular flexibility index (Phi) is 37.8. The molecule has 0 saturated heterocycles. The molecular weight excluding hydrogens is 566 g/mol. The van der Waals surface area contributed by atoms with Crippen LogP contribution in [0.1, 0.15) is 232 Å². The van der Waals surface area contributed by atoms with E-state index < -0.39 is 12.1 Å². The number of aliphatic hydroxyl groups excluding tert-OH is 2. The normalized spacial score (nSPS) is 13.0. The van der Waals surface area contributed by atoms with E-state index in [1.54, 1.807) is 0 Å². The number of allylic oxidation sites excluding steroid dienone is 2. The average molecular weight is 650 g/mol. The van der Waals surface area contributed by atoms with Crippen LogP contribution in [-0.4, -0.2) is 34.9 Å². The third-order valence-corrected chi connectivity index (χ3v) is 9.78. The van der Waals surface area contributed by atoms with Gasteiger partial charge in [-0.25, -0.2) is 0 Å². The highest BCUT2D eigenvalue weighted by Gasteiger charge is 2.19. The van der Waals surface area contributed by atoms with Crippen molar-refractivity contribution in [3.8, 4) is 0 Å². The molecule has 0 fully saturated rings. The van der Waals surface area contributed by atoms with Crippen LogP contribution in [0.3, 0.4) is 0 Å². The molecule has 0 spiro atoms. The van der Waals surface area contributed by atoms with Crippen LogP contribution in [0, 0.1) is 0 Å². The lowest BCUT2D eigenvalue weighted by molar-refractivity contribution is -0.123. The highest BCUT2D eigenvalue weighted by atomic mass is 16.3. The molecule has 46 heavy (non-hydrogen) atoms. The highest BCUT2D eigenvalue weighted by Crippen LogP contribution is 2.16. The molecule has 0 saturated carbocycles. The van der Waals surface area contributed by atoms with E-state index in [1.807, 2.05) is 0 Å². The third kappa shape index (κ3) is 34.5. The van der Waals surface area contributed by atoms with Crippen LogP contribution in [0.5, 0.6) is 0 Å². The van der Waals surface area contributed by atoms with E-state index in [0.29, 0.717) is 12.8 Å². The summed E-state index contributed by atoms with van der Waals surface area (Å²) in [6, 6.07) is -0.536. The summed E-state index contributed by atoms with van der Waals surface area (Å²) < 4.78 is 0. The first-order valence-electron chi connectivity index (χ1n) is 20.9. The van der Waals surface area contributed by atoms with Gasteiger partial charge < -0.3 is 15.5 Å². The molecule has 274 valence electrons. The molecule has 0 bridgehead atoms. The highest BCUT2D eigenvalue weighted by molar-refractivity contribution is 5.76. The minimum absolute atomic E-state index is 0.0396. The minimum Gasteiger partial charge on any atom is -0.394 e. The van der Waals surface area contributed by atoms with E-state index >= 15 is 0 Å². The van der Waals surface area contributed by atoms with E-state index in [-0.39, 0.29) is 12.5 Å². The largest absolute Gasteiger partial charge is 0.394 e. The van der Waals surface area contributed by atoms with Crippen LogP contribution in [0.4, 0.5) is 0 Å². The van der Waals surface area contributed by atoms with Gasteiger partial charge in [0.2, 0.25) is 5.91 Å².